The van der Waals surface area contributed by atoms with Crippen LogP contribution in [0.25, 0.3) is 0 Å². The van der Waals surface area contributed by atoms with Crippen molar-refractivity contribution in [3.8, 4) is 0 Å². The van der Waals surface area contributed by atoms with Crippen LogP contribution >= 0.6 is 0 Å². The average Bonchev–Trinajstić information content (AvgIpc) is 2.39. The molecule has 1 aromatic carbocycles. The summed E-state index contributed by atoms with van der Waals surface area (Å²) in [7, 11) is 1.73. The van der Waals surface area contributed by atoms with Gasteiger partial charge in [0.1, 0.15) is 5.82 Å². The minimum atomic E-state index is -1.13. The number of aromatic nitrogens is 2. The zero-order chi connectivity index (χ0) is 13.1. The minimum Gasteiger partial charge on any atom is -0.476 e. The zero-order valence-corrected chi connectivity index (χ0v) is 9.54. The van der Waals surface area contributed by atoms with E-state index in [1.807, 2.05) is 0 Å². The number of carboxylic acid groups (broad SMARTS) is 1. The van der Waals surface area contributed by atoms with Gasteiger partial charge in [-0.2, -0.15) is 0 Å². The van der Waals surface area contributed by atoms with E-state index >= 15 is 0 Å². The monoisotopic (exact) mass is 247 g/mol. The molecule has 0 spiro atoms. The van der Waals surface area contributed by atoms with Gasteiger partial charge in [-0.1, -0.05) is 0 Å². The molecule has 2 rings (SSSR count). The highest BCUT2D eigenvalue weighted by atomic mass is 19.1. The van der Waals surface area contributed by atoms with Crippen LogP contribution in [0.2, 0.25) is 0 Å². The maximum atomic E-state index is 12.8. The van der Waals surface area contributed by atoms with Gasteiger partial charge in [0.05, 0.1) is 12.4 Å². The summed E-state index contributed by atoms with van der Waals surface area (Å²) in [4.78, 5) is 20.1. The van der Waals surface area contributed by atoms with Gasteiger partial charge in [0.25, 0.3) is 0 Å². The molecule has 0 radical (unpaired) electrons. The molecule has 0 saturated heterocycles. The molecule has 0 fully saturated rings. The number of halogens is 1. The lowest BCUT2D eigenvalue weighted by Gasteiger charge is -2.17. The zero-order valence-electron chi connectivity index (χ0n) is 9.54. The molecule has 0 amide bonds. The molecule has 0 saturated carbocycles. The number of hydrogen-bond acceptors (Lipinski definition) is 4. The third kappa shape index (κ3) is 2.42. The van der Waals surface area contributed by atoms with Crippen LogP contribution in [0.1, 0.15) is 10.5 Å². The molecule has 0 aliphatic rings. The lowest BCUT2D eigenvalue weighted by Crippen LogP contribution is -2.12. The van der Waals surface area contributed by atoms with Crippen LogP contribution < -0.4 is 4.90 Å². The number of carboxylic acids is 1. The van der Waals surface area contributed by atoms with Crippen LogP contribution in [0.3, 0.4) is 0 Å². The minimum absolute atomic E-state index is 0.119. The fourth-order valence-corrected chi connectivity index (χ4v) is 1.40. The second-order valence-corrected chi connectivity index (χ2v) is 3.60. The third-order valence-electron chi connectivity index (χ3n) is 2.41. The predicted octanol–water partition coefficient (Wildman–Crippen LogP) is 2.08. The molecule has 6 heteroatoms. The van der Waals surface area contributed by atoms with E-state index in [4.69, 9.17) is 5.11 Å². The summed E-state index contributed by atoms with van der Waals surface area (Å²) in [5, 5.41) is 8.70. The summed E-state index contributed by atoms with van der Waals surface area (Å²) in [6.07, 6.45) is 2.53. The van der Waals surface area contributed by atoms with Crippen molar-refractivity contribution in [3.05, 3.63) is 48.2 Å². The Bertz CT molecular complexity index is 555. The molecule has 1 aromatic heterocycles. The largest absolute Gasteiger partial charge is 0.476 e. The molecule has 0 atom stereocenters. The van der Waals surface area contributed by atoms with E-state index in [2.05, 4.69) is 9.97 Å². The SMILES string of the molecule is CN(c1ccc(F)cc1)c1cnc(C(=O)O)cn1. The molecule has 2 aromatic rings. The van der Waals surface area contributed by atoms with Crippen LogP contribution in [0.5, 0.6) is 0 Å². The average molecular weight is 247 g/mol. The van der Waals surface area contributed by atoms with Gasteiger partial charge >= 0.3 is 5.97 Å². The van der Waals surface area contributed by atoms with Crippen molar-refractivity contribution < 1.29 is 14.3 Å². The Morgan fingerprint density at radius 2 is 1.89 bits per heavy atom. The normalized spacial score (nSPS) is 10.1. The van der Waals surface area contributed by atoms with E-state index in [1.165, 1.54) is 24.5 Å². The Morgan fingerprint density at radius 3 is 2.39 bits per heavy atom. The maximum absolute atomic E-state index is 12.8. The first-order valence-electron chi connectivity index (χ1n) is 5.12. The second-order valence-electron chi connectivity index (χ2n) is 3.60. The molecule has 0 unspecified atom stereocenters. The lowest BCUT2D eigenvalue weighted by atomic mass is 10.3. The Balaban J connectivity index is 2.25. The maximum Gasteiger partial charge on any atom is 0.356 e. The van der Waals surface area contributed by atoms with Gasteiger partial charge in [0.15, 0.2) is 11.5 Å². The topological polar surface area (TPSA) is 66.3 Å². The van der Waals surface area contributed by atoms with Gasteiger partial charge in [-0.05, 0) is 24.3 Å². The van der Waals surface area contributed by atoms with E-state index in [-0.39, 0.29) is 11.5 Å². The Labute approximate surface area is 103 Å². The molecule has 0 aliphatic carbocycles. The summed E-state index contributed by atoms with van der Waals surface area (Å²) in [6.45, 7) is 0. The third-order valence-corrected chi connectivity index (χ3v) is 2.41. The molecule has 1 heterocycles. The standard InChI is InChI=1S/C12H10FN3O2/c1-16(9-4-2-8(13)3-5-9)11-7-14-10(6-15-11)12(17)18/h2-7H,1H3,(H,17,18). The summed E-state index contributed by atoms with van der Waals surface area (Å²) >= 11 is 0. The van der Waals surface area contributed by atoms with Gasteiger partial charge < -0.3 is 10.0 Å². The van der Waals surface area contributed by atoms with E-state index in [0.29, 0.717) is 5.82 Å². The summed E-state index contributed by atoms with van der Waals surface area (Å²) < 4.78 is 12.8. The van der Waals surface area contributed by atoms with Crippen molar-refractivity contribution in [1.82, 2.24) is 9.97 Å². The molecule has 0 aliphatic heterocycles. The van der Waals surface area contributed by atoms with E-state index in [9.17, 15) is 9.18 Å². The number of rotatable bonds is 3. The van der Waals surface area contributed by atoms with Crippen LogP contribution in [0.4, 0.5) is 15.9 Å². The number of aromatic carboxylic acids is 1. The highest BCUT2D eigenvalue weighted by Crippen LogP contribution is 2.20. The number of anilines is 2. The lowest BCUT2D eigenvalue weighted by molar-refractivity contribution is 0.0690. The van der Waals surface area contributed by atoms with Gasteiger partial charge in [-0.25, -0.2) is 19.2 Å². The van der Waals surface area contributed by atoms with E-state index in [1.54, 1.807) is 24.1 Å². The predicted molar refractivity (Wildman–Crippen MR) is 63.5 cm³/mol. The fraction of sp³-hybridized carbons (Fsp3) is 0.0833. The van der Waals surface area contributed by atoms with E-state index in [0.717, 1.165) is 5.69 Å². The Kier molecular flexibility index (Phi) is 3.18. The molecule has 92 valence electrons. The first kappa shape index (κ1) is 12.0. The first-order chi connectivity index (χ1) is 8.58. The molecule has 0 bridgehead atoms. The van der Waals surface area contributed by atoms with E-state index < -0.39 is 5.97 Å². The summed E-state index contributed by atoms with van der Waals surface area (Å²) in [5.74, 6) is -0.968. The number of carbonyl (C=O) groups is 1. The van der Waals surface area contributed by atoms with Crippen molar-refractivity contribution in [3.63, 3.8) is 0 Å². The van der Waals surface area contributed by atoms with Crippen LogP contribution in [0.15, 0.2) is 36.7 Å². The van der Waals surface area contributed by atoms with Crippen molar-refractivity contribution in [2.75, 3.05) is 11.9 Å². The fourth-order valence-electron chi connectivity index (χ4n) is 1.40. The summed E-state index contributed by atoms with van der Waals surface area (Å²) in [6, 6.07) is 5.88. The molecule has 1 N–H and O–H groups in total. The molecular weight excluding hydrogens is 237 g/mol. The molecule has 18 heavy (non-hydrogen) atoms. The van der Waals surface area contributed by atoms with Crippen LogP contribution in [-0.2, 0) is 0 Å². The number of benzene rings is 1. The first-order valence-corrected chi connectivity index (χ1v) is 5.12. The van der Waals surface area contributed by atoms with Crippen LogP contribution in [0, 0.1) is 5.82 Å². The Hall–Kier alpha value is -2.50. The van der Waals surface area contributed by atoms with Gasteiger partial charge in [0, 0.05) is 12.7 Å². The molecular formula is C12H10FN3O2. The summed E-state index contributed by atoms with van der Waals surface area (Å²) in [5.41, 5.74) is 0.611. The highest BCUT2D eigenvalue weighted by molar-refractivity contribution is 5.85. The van der Waals surface area contributed by atoms with Crippen LogP contribution in [-0.4, -0.2) is 28.1 Å². The number of nitrogens with zero attached hydrogens (tertiary/aromatic N) is 3. The molecule has 5 nitrogen and oxygen atoms in total. The van der Waals surface area contributed by atoms with Crippen molar-refractivity contribution >= 4 is 17.5 Å². The van der Waals surface area contributed by atoms with Crippen molar-refractivity contribution in [2.45, 2.75) is 0 Å². The van der Waals surface area contributed by atoms with Gasteiger partial charge in [-0.3, -0.25) is 0 Å². The second kappa shape index (κ2) is 4.79. The van der Waals surface area contributed by atoms with Crippen molar-refractivity contribution in [2.24, 2.45) is 0 Å². The highest BCUT2D eigenvalue weighted by Gasteiger charge is 2.09. The smallest absolute Gasteiger partial charge is 0.356 e. The quantitative estimate of drug-likeness (QED) is 0.899. The Morgan fingerprint density at radius 1 is 1.22 bits per heavy atom. The number of hydrogen-bond donors (Lipinski definition) is 1. The van der Waals surface area contributed by atoms with Gasteiger partial charge in [0.2, 0.25) is 0 Å². The van der Waals surface area contributed by atoms with Gasteiger partial charge in [-0.15, -0.1) is 0 Å². The van der Waals surface area contributed by atoms with Crippen molar-refractivity contribution in [1.29, 1.82) is 0 Å².